The second-order valence-corrected chi connectivity index (χ2v) is 6.26. The van der Waals surface area contributed by atoms with Gasteiger partial charge in [0.05, 0.1) is 18.7 Å². The summed E-state index contributed by atoms with van der Waals surface area (Å²) in [7, 11) is 1.58. The van der Waals surface area contributed by atoms with Crippen LogP contribution in [0.4, 0.5) is 5.69 Å². The Bertz CT molecular complexity index is 867. The van der Waals surface area contributed by atoms with Crippen LogP contribution in [-0.2, 0) is 11.2 Å². The number of rotatable bonds is 6. The van der Waals surface area contributed by atoms with Gasteiger partial charge in [0, 0.05) is 23.3 Å². The van der Waals surface area contributed by atoms with Gasteiger partial charge >= 0.3 is 0 Å². The van der Waals surface area contributed by atoms with Crippen molar-refractivity contribution in [2.24, 2.45) is 0 Å². The molecule has 1 atom stereocenters. The van der Waals surface area contributed by atoms with Crippen molar-refractivity contribution in [2.75, 3.05) is 12.4 Å². The highest BCUT2D eigenvalue weighted by molar-refractivity contribution is 6.30. The van der Waals surface area contributed by atoms with Crippen molar-refractivity contribution in [1.29, 1.82) is 0 Å². The van der Waals surface area contributed by atoms with Crippen LogP contribution in [0.15, 0.2) is 72.9 Å². The minimum atomic E-state index is -0.396. The van der Waals surface area contributed by atoms with E-state index in [1.807, 2.05) is 54.6 Å². The van der Waals surface area contributed by atoms with Crippen molar-refractivity contribution in [3.05, 3.63) is 89.2 Å². The Morgan fingerprint density at radius 2 is 1.81 bits per heavy atom. The number of para-hydroxylation sites is 2. The van der Waals surface area contributed by atoms with Gasteiger partial charge < -0.3 is 10.1 Å². The molecule has 1 heterocycles. The van der Waals surface area contributed by atoms with Gasteiger partial charge in [-0.3, -0.25) is 9.78 Å². The lowest BCUT2D eigenvalue weighted by Gasteiger charge is -2.18. The van der Waals surface area contributed by atoms with Gasteiger partial charge in [-0.1, -0.05) is 41.9 Å². The maximum absolute atomic E-state index is 13.0. The Kier molecular flexibility index (Phi) is 5.87. The predicted octanol–water partition coefficient (Wildman–Crippen LogP) is 4.71. The number of nitrogens with zero attached hydrogens (tertiary/aromatic N) is 1. The number of pyridine rings is 1. The molecule has 3 aromatic rings. The summed E-state index contributed by atoms with van der Waals surface area (Å²) in [5, 5.41) is 3.60. The third-order valence-electron chi connectivity index (χ3n) is 4.09. The lowest BCUT2D eigenvalue weighted by atomic mass is 9.93. The van der Waals surface area contributed by atoms with Gasteiger partial charge in [0.2, 0.25) is 5.91 Å². The highest BCUT2D eigenvalue weighted by Gasteiger charge is 2.22. The van der Waals surface area contributed by atoms with Crippen LogP contribution in [-0.4, -0.2) is 18.0 Å². The lowest BCUT2D eigenvalue weighted by Crippen LogP contribution is -2.23. The van der Waals surface area contributed by atoms with E-state index in [9.17, 15) is 4.79 Å². The molecular weight excluding hydrogens is 348 g/mol. The van der Waals surface area contributed by atoms with Crippen LogP contribution < -0.4 is 10.1 Å². The number of ether oxygens (including phenoxy) is 1. The molecule has 2 aromatic carbocycles. The van der Waals surface area contributed by atoms with Crippen LogP contribution in [0.3, 0.4) is 0 Å². The maximum Gasteiger partial charge on any atom is 0.232 e. The number of nitrogens with one attached hydrogen (secondary N) is 1. The standard InChI is InChI=1S/C21H19ClN2O2/c1-26-20-8-3-2-7-19(20)24-21(25)18(14-17-6-4-5-13-23-17)15-9-11-16(22)12-10-15/h2-13,18H,14H2,1H3,(H,24,25). The Morgan fingerprint density at radius 3 is 2.50 bits per heavy atom. The second-order valence-electron chi connectivity index (χ2n) is 5.82. The normalized spacial score (nSPS) is 11.6. The van der Waals surface area contributed by atoms with Crippen molar-refractivity contribution >= 4 is 23.2 Å². The van der Waals surface area contributed by atoms with E-state index in [0.29, 0.717) is 22.9 Å². The molecule has 0 spiro atoms. The molecule has 0 fully saturated rings. The fourth-order valence-corrected chi connectivity index (χ4v) is 2.88. The van der Waals surface area contributed by atoms with Crippen molar-refractivity contribution in [3.8, 4) is 5.75 Å². The molecule has 0 aliphatic carbocycles. The third-order valence-corrected chi connectivity index (χ3v) is 4.35. The SMILES string of the molecule is COc1ccccc1NC(=O)C(Cc1ccccn1)c1ccc(Cl)cc1. The minimum Gasteiger partial charge on any atom is -0.495 e. The summed E-state index contributed by atoms with van der Waals surface area (Å²) in [6, 6.07) is 20.4. The lowest BCUT2D eigenvalue weighted by molar-refractivity contribution is -0.117. The van der Waals surface area contributed by atoms with Gasteiger partial charge in [-0.25, -0.2) is 0 Å². The fraction of sp³-hybridized carbons (Fsp3) is 0.143. The molecule has 5 heteroatoms. The van der Waals surface area contributed by atoms with E-state index < -0.39 is 5.92 Å². The topological polar surface area (TPSA) is 51.2 Å². The molecule has 0 aliphatic heterocycles. The quantitative estimate of drug-likeness (QED) is 0.687. The smallest absolute Gasteiger partial charge is 0.232 e. The molecule has 3 rings (SSSR count). The number of benzene rings is 2. The average molecular weight is 367 g/mol. The highest BCUT2D eigenvalue weighted by atomic mass is 35.5. The maximum atomic E-state index is 13.0. The molecule has 0 bridgehead atoms. The number of aromatic nitrogens is 1. The first-order valence-electron chi connectivity index (χ1n) is 8.26. The molecule has 1 unspecified atom stereocenters. The van der Waals surface area contributed by atoms with Gasteiger partial charge in [0.25, 0.3) is 0 Å². The number of anilines is 1. The highest BCUT2D eigenvalue weighted by Crippen LogP contribution is 2.27. The Balaban J connectivity index is 1.89. The molecule has 0 saturated heterocycles. The number of amides is 1. The first-order valence-corrected chi connectivity index (χ1v) is 8.64. The summed E-state index contributed by atoms with van der Waals surface area (Å²) >= 11 is 6.00. The summed E-state index contributed by atoms with van der Waals surface area (Å²) in [5.41, 5.74) is 2.37. The summed E-state index contributed by atoms with van der Waals surface area (Å²) in [6.45, 7) is 0. The van der Waals surface area contributed by atoms with Gasteiger partial charge in [-0.15, -0.1) is 0 Å². The largest absolute Gasteiger partial charge is 0.495 e. The number of hydrogen-bond acceptors (Lipinski definition) is 3. The van der Waals surface area contributed by atoms with Crippen LogP contribution in [0.2, 0.25) is 5.02 Å². The van der Waals surface area contributed by atoms with E-state index in [1.54, 1.807) is 25.4 Å². The summed E-state index contributed by atoms with van der Waals surface area (Å²) in [5.74, 6) is 0.100. The van der Waals surface area contributed by atoms with Crippen LogP contribution in [0.1, 0.15) is 17.2 Å². The molecule has 1 aromatic heterocycles. The molecule has 0 saturated carbocycles. The average Bonchev–Trinajstić information content (AvgIpc) is 2.68. The van der Waals surface area contributed by atoms with Crippen LogP contribution in [0.5, 0.6) is 5.75 Å². The zero-order valence-corrected chi connectivity index (χ0v) is 15.1. The third kappa shape index (κ3) is 4.41. The monoisotopic (exact) mass is 366 g/mol. The summed E-state index contributed by atoms with van der Waals surface area (Å²) in [6.07, 6.45) is 2.22. The van der Waals surface area contributed by atoms with Crippen LogP contribution in [0.25, 0.3) is 0 Å². The fourth-order valence-electron chi connectivity index (χ4n) is 2.75. The van der Waals surface area contributed by atoms with E-state index in [1.165, 1.54) is 0 Å². The predicted molar refractivity (Wildman–Crippen MR) is 104 cm³/mol. The van der Waals surface area contributed by atoms with Crippen molar-refractivity contribution < 1.29 is 9.53 Å². The van der Waals surface area contributed by atoms with Gasteiger partial charge in [-0.2, -0.15) is 0 Å². The summed E-state index contributed by atoms with van der Waals surface area (Å²) < 4.78 is 5.32. The molecular formula is C21H19ClN2O2. The number of carbonyl (C=O) groups is 1. The first-order chi connectivity index (χ1) is 12.7. The van der Waals surface area contributed by atoms with E-state index in [2.05, 4.69) is 10.3 Å². The number of carbonyl (C=O) groups excluding carboxylic acids is 1. The Labute approximate surface area is 157 Å². The molecule has 26 heavy (non-hydrogen) atoms. The Hall–Kier alpha value is -2.85. The van der Waals surface area contributed by atoms with Gasteiger partial charge in [0.15, 0.2) is 0 Å². The molecule has 0 radical (unpaired) electrons. The van der Waals surface area contributed by atoms with Gasteiger partial charge in [0.1, 0.15) is 5.75 Å². The Morgan fingerprint density at radius 1 is 1.08 bits per heavy atom. The molecule has 1 amide bonds. The number of methoxy groups -OCH3 is 1. The van der Waals surface area contributed by atoms with Crippen molar-refractivity contribution in [2.45, 2.75) is 12.3 Å². The first kappa shape index (κ1) is 18.0. The van der Waals surface area contributed by atoms with Crippen molar-refractivity contribution in [3.63, 3.8) is 0 Å². The van der Waals surface area contributed by atoms with E-state index in [0.717, 1.165) is 11.3 Å². The zero-order chi connectivity index (χ0) is 18.4. The molecule has 4 nitrogen and oxygen atoms in total. The minimum absolute atomic E-state index is 0.123. The van der Waals surface area contributed by atoms with E-state index in [-0.39, 0.29) is 5.91 Å². The number of halogens is 1. The van der Waals surface area contributed by atoms with Gasteiger partial charge in [-0.05, 0) is 42.0 Å². The molecule has 0 aliphatic rings. The summed E-state index contributed by atoms with van der Waals surface area (Å²) in [4.78, 5) is 17.4. The van der Waals surface area contributed by atoms with E-state index in [4.69, 9.17) is 16.3 Å². The van der Waals surface area contributed by atoms with Crippen molar-refractivity contribution in [1.82, 2.24) is 4.98 Å². The number of hydrogen-bond donors (Lipinski definition) is 1. The molecule has 1 N–H and O–H groups in total. The van der Waals surface area contributed by atoms with Crippen LogP contribution >= 0.6 is 11.6 Å². The second kappa shape index (κ2) is 8.50. The van der Waals surface area contributed by atoms with E-state index >= 15 is 0 Å². The van der Waals surface area contributed by atoms with Crippen LogP contribution in [0, 0.1) is 0 Å². The zero-order valence-electron chi connectivity index (χ0n) is 14.4. The molecule has 132 valence electrons.